The van der Waals surface area contributed by atoms with Crippen LogP contribution in [0.4, 0.5) is 0 Å². The minimum Gasteiger partial charge on any atom is -0.464 e. The molecule has 0 unspecified atom stereocenters. The number of carbonyl (C=O) groups is 1. The molecule has 0 spiro atoms. The van der Waals surface area contributed by atoms with Crippen LogP contribution in [-0.2, 0) is 11.3 Å². The summed E-state index contributed by atoms with van der Waals surface area (Å²) in [6, 6.07) is 3.39. The second-order valence-electron chi connectivity index (χ2n) is 4.19. The minimum absolute atomic E-state index is 0.148. The van der Waals surface area contributed by atoms with E-state index < -0.39 is 11.5 Å². The summed E-state index contributed by atoms with van der Waals surface area (Å²) in [6.07, 6.45) is 0.602. The zero-order chi connectivity index (χ0) is 13.6. The Morgan fingerprint density at radius 2 is 2.11 bits per heavy atom. The highest BCUT2D eigenvalue weighted by Gasteiger charge is 2.25. The van der Waals surface area contributed by atoms with Gasteiger partial charge in [-0.25, -0.2) is 4.79 Å². The van der Waals surface area contributed by atoms with Crippen LogP contribution in [0.15, 0.2) is 12.1 Å². The molecule has 1 aromatic heterocycles. The van der Waals surface area contributed by atoms with Crippen LogP contribution in [0.25, 0.3) is 0 Å². The Labute approximate surface area is 106 Å². The number of H-pyrrole nitrogens is 1. The van der Waals surface area contributed by atoms with E-state index >= 15 is 0 Å². The van der Waals surface area contributed by atoms with Gasteiger partial charge >= 0.3 is 5.97 Å². The summed E-state index contributed by atoms with van der Waals surface area (Å²) >= 11 is 0. The summed E-state index contributed by atoms with van der Waals surface area (Å²) < 4.78 is 4.59. The van der Waals surface area contributed by atoms with Crippen molar-refractivity contribution in [3.05, 3.63) is 23.5 Å². The fraction of sp³-hybridized carbons (Fsp3) is 0.583. The number of methoxy groups -OCH3 is 1. The summed E-state index contributed by atoms with van der Waals surface area (Å²) in [7, 11) is 1.32. The molecule has 1 rings (SSSR count). The fourth-order valence-electron chi connectivity index (χ4n) is 1.57. The molecule has 0 saturated heterocycles. The van der Waals surface area contributed by atoms with Crippen molar-refractivity contribution in [2.24, 2.45) is 0 Å². The maximum Gasteiger partial charge on any atom is 0.354 e. The first-order valence-corrected chi connectivity index (χ1v) is 5.83. The molecule has 0 aromatic carbocycles. The van der Waals surface area contributed by atoms with E-state index in [4.69, 9.17) is 0 Å². The summed E-state index contributed by atoms with van der Waals surface area (Å²) in [5.74, 6) is -0.424. The highest BCUT2D eigenvalue weighted by atomic mass is 16.5. The maximum atomic E-state index is 11.2. The number of rotatable bonds is 7. The van der Waals surface area contributed by atoms with Gasteiger partial charge in [0.15, 0.2) is 0 Å². The predicted octanol–water partition coefficient (Wildman–Crippen LogP) is 0.0243. The van der Waals surface area contributed by atoms with E-state index in [2.05, 4.69) is 15.0 Å². The van der Waals surface area contributed by atoms with E-state index in [0.717, 1.165) is 5.69 Å². The molecule has 1 heterocycles. The lowest BCUT2D eigenvalue weighted by atomic mass is 9.98. The molecule has 1 aromatic rings. The van der Waals surface area contributed by atoms with Crippen LogP contribution in [0.3, 0.4) is 0 Å². The van der Waals surface area contributed by atoms with Crippen LogP contribution >= 0.6 is 0 Å². The average Bonchev–Trinajstić information content (AvgIpc) is 2.89. The molecule has 0 atom stereocenters. The fourth-order valence-corrected chi connectivity index (χ4v) is 1.57. The zero-order valence-electron chi connectivity index (χ0n) is 10.7. The highest BCUT2D eigenvalue weighted by molar-refractivity contribution is 5.87. The Kier molecular flexibility index (Phi) is 5.33. The van der Waals surface area contributed by atoms with Gasteiger partial charge < -0.3 is 25.3 Å². The number of nitrogens with one attached hydrogen (secondary N) is 2. The van der Waals surface area contributed by atoms with Crippen LogP contribution in [0, 0.1) is 0 Å². The van der Waals surface area contributed by atoms with E-state index in [1.54, 1.807) is 12.1 Å². The smallest absolute Gasteiger partial charge is 0.354 e. The van der Waals surface area contributed by atoms with Crippen molar-refractivity contribution in [1.29, 1.82) is 0 Å². The molecular formula is C12H20N2O4. The molecule has 4 N–H and O–H groups in total. The lowest BCUT2D eigenvalue weighted by molar-refractivity contribution is 0.0594. The van der Waals surface area contributed by atoms with E-state index in [1.807, 2.05) is 6.92 Å². The van der Waals surface area contributed by atoms with Gasteiger partial charge in [0.25, 0.3) is 0 Å². The number of carbonyl (C=O) groups excluding carboxylic acids is 1. The lowest BCUT2D eigenvalue weighted by Crippen LogP contribution is -2.50. The number of aromatic nitrogens is 1. The van der Waals surface area contributed by atoms with Crippen LogP contribution in [0.2, 0.25) is 0 Å². The van der Waals surface area contributed by atoms with Crippen LogP contribution in [0.5, 0.6) is 0 Å². The molecule has 18 heavy (non-hydrogen) atoms. The van der Waals surface area contributed by atoms with E-state index in [1.165, 1.54) is 7.11 Å². The molecule has 0 radical (unpaired) electrons. The Balaban J connectivity index is 2.63. The third-order valence-corrected chi connectivity index (χ3v) is 3.09. The largest absolute Gasteiger partial charge is 0.464 e. The summed E-state index contributed by atoms with van der Waals surface area (Å²) in [5, 5.41) is 21.6. The number of aliphatic hydroxyl groups excluding tert-OH is 2. The molecule has 6 heteroatoms. The van der Waals surface area contributed by atoms with Crippen molar-refractivity contribution < 1.29 is 19.7 Å². The Hall–Kier alpha value is -1.37. The number of ether oxygens (including phenoxy) is 1. The molecule has 0 bridgehead atoms. The highest BCUT2D eigenvalue weighted by Crippen LogP contribution is 2.10. The van der Waals surface area contributed by atoms with Gasteiger partial charge in [-0.3, -0.25) is 0 Å². The van der Waals surface area contributed by atoms with Gasteiger partial charge in [0, 0.05) is 12.2 Å². The molecule has 0 fully saturated rings. The van der Waals surface area contributed by atoms with Gasteiger partial charge in [-0.2, -0.15) is 0 Å². The van der Waals surface area contributed by atoms with Gasteiger partial charge in [0.1, 0.15) is 5.69 Å². The van der Waals surface area contributed by atoms with Crippen molar-refractivity contribution >= 4 is 5.97 Å². The van der Waals surface area contributed by atoms with Crippen LogP contribution in [-0.4, -0.2) is 47.0 Å². The van der Waals surface area contributed by atoms with Gasteiger partial charge in [-0.05, 0) is 18.6 Å². The van der Waals surface area contributed by atoms with Gasteiger partial charge in [-0.1, -0.05) is 6.92 Å². The van der Waals surface area contributed by atoms with Gasteiger partial charge in [0.2, 0.25) is 0 Å². The summed E-state index contributed by atoms with van der Waals surface area (Å²) in [5.41, 5.74) is 0.468. The topological polar surface area (TPSA) is 94.6 Å². The minimum atomic E-state index is -0.698. The van der Waals surface area contributed by atoms with Crippen molar-refractivity contribution in [2.75, 3.05) is 20.3 Å². The average molecular weight is 256 g/mol. The SMILES string of the molecule is CCC(CO)(CO)NCc1ccc(C(=O)OC)[nH]1. The van der Waals surface area contributed by atoms with Crippen molar-refractivity contribution in [2.45, 2.75) is 25.4 Å². The van der Waals surface area contributed by atoms with Crippen molar-refractivity contribution in [3.8, 4) is 0 Å². The van der Waals surface area contributed by atoms with E-state index in [9.17, 15) is 15.0 Å². The number of hydrogen-bond acceptors (Lipinski definition) is 5. The molecule has 0 aliphatic rings. The van der Waals surface area contributed by atoms with E-state index in [-0.39, 0.29) is 13.2 Å². The number of hydrogen-bond donors (Lipinski definition) is 4. The number of esters is 1. The lowest BCUT2D eigenvalue weighted by Gasteiger charge is -2.29. The van der Waals surface area contributed by atoms with E-state index in [0.29, 0.717) is 18.7 Å². The molecule has 102 valence electrons. The standard InChI is InChI=1S/C12H20N2O4/c1-3-12(7-15,8-16)13-6-9-4-5-10(14-9)11(17)18-2/h4-5,13-16H,3,6-8H2,1-2H3. The summed E-state index contributed by atoms with van der Waals surface area (Å²) in [6.45, 7) is 2.01. The van der Waals surface area contributed by atoms with Crippen LogP contribution in [0.1, 0.15) is 29.5 Å². The number of aliphatic hydroxyl groups is 2. The third kappa shape index (κ3) is 3.32. The van der Waals surface area contributed by atoms with Crippen molar-refractivity contribution in [1.82, 2.24) is 10.3 Å². The first kappa shape index (κ1) is 14.7. The number of aromatic amines is 1. The monoisotopic (exact) mass is 256 g/mol. The third-order valence-electron chi connectivity index (χ3n) is 3.09. The summed E-state index contributed by atoms with van der Waals surface area (Å²) in [4.78, 5) is 14.2. The quantitative estimate of drug-likeness (QED) is 0.516. The first-order chi connectivity index (χ1) is 8.60. The Bertz CT molecular complexity index is 377. The predicted molar refractivity (Wildman–Crippen MR) is 66.2 cm³/mol. The zero-order valence-corrected chi connectivity index (χ0v) is 10.7. The first-order valence-electron chi connectivity index (χ1n) is 5.83. The Morgan fingerprint density at radius 1 is 1.44 bits per heavy atom. The van der Waals surface area contributed by atoms with Gasteiger partial charge in [0.05, 0.1) is 25.9 Å². The second-order valence-corrected chi connectivity index (χ2v) is 4.19. The molecular weight excluding hydrogens is 236 g/mol. The Morgan fingerprint density at radius 3 is 2.61 bits per heavy atom. The van der Waals surface area contributed by atoms with Gasteiger partial charge in [-0.15, -0.1) is 0 Å². The van der Waals surface area contributed by atoms with Crippen LogP contribution < -0.4 is 5.32 Å². The second kappa shape index (κ2) is 6.53. The molecule has 0 saturated carbocycles. The molecule has 0 aliphatic carbocycles. The van der Waals surface area contributed by atoms with Crippen molar-refractivity contribution in [3.63, 3.8) is 0 Å². The molecule has 0 amide bonds. The molecule has 0 aliphatic heterocycles. The maximum absolute atomic E-state index is 11.2. The normalized spacial score (nSPS) is 11.6. The molecule has 6 nitrogen and oxygen atoms in total.